The van der Waals surface area contributed by atoms with Crippen LogP contribution in [0.1, 0.15) is 28.9 Å². The lowest BCUT2D eigenvalue weighted by atomic mass is 10.0. The lowest BCUT2D eigenvalue weighted by Crippen LogP contribution is -2.06. The molecule has 2 aromatic rings. The van der Waals surface area contributed by atoms with Crippen LogP contribution < -0.4 is 5.76 Å². The van der Waals surface area contributed by atoms with E-state index in [4.69, 9.17) is 4.42 Å². The summed E-state index contributed by atoms with van der Waals surface area (Å²) in [6, 6.07) is 5.12. The normalized spacial score (nSPS) is 10.8. The molecule has 0 fully saturated rings. The molecule has 4 nitrogen and oxygen atoms in total. The van der Waals surface area contributed by atoms with Crippen LogP contribution in [0.2, 0.25) is 0 Å². The first-order chi connectivity index (χ1) is 8.61. The summed E-state index contributed by atoms with van der Waals surface area (Å²) >= 11 is 3.29. The van der Waals surface area contributed by atoms with Crippen molar-refractivity contribution in [3.8, 4) is 0 Å². The largest absolute Gasteiger partial charge is 0.439 e. The number of carbonyl (C=O) groups is 1. The van der Waals surface area contributed by atoms with Gasteiger partial charge in [0.25, 0.3) is 0 Å². The maximum Gasteiger partial charge on any atom is 0.439 e. The Morgan fingerprint density at radius 2 is 2.22 bits per heavy atom. The second-order valence-electron chi connectivity index (χ2n) is 3.99. The van der Waals surface area contributed by atoms with Crippen LogP contribution in [0, 0.1) is 6.92 Å². The summed E-state index contributed by atoms with van der Waals surface area (Å²) in [6.07, 6.45) is 1.27. The maximum atomic E-state index is 11.9. The van der Waals surface area contributed by atoms with E-state index in [9.17, 15) is 9.59 Å². The van der Waals surface area contributed by atoms with Gasteiger partial charge in [0.15, 0.2) is 5.78 Å². The SMILES string of the molecule is Cc1nc(=O)oc2cc(C(=O)CCCBr)ccc12. The number of Topliss-reactive ketones (excluding diaryl/α,β-unsaturated/α-hetero) is 1. The van der Waals surface area contributed by atoms with Crippen molar-refractivity contribution in [2.75, 3.05) is 5.33 Å². The zero-order valence-electron chi connectivity index (χ0n) is 9.90. The van der Waals surface area contributed by atoms with E-state index in [1.165, 1.54) is 0 Å². The minimum absolute atomic E-state index is 0.0495. The van der Waals surface area contributed by atoms with Crippen LogP contribution >= 0.6 is 15.9 Å². The molecule has 0 atom stereocenters. The van der Waals surface area contributed by atoms with Gasteiger partial charge in [0, 0.05) is 22.7 Å². The highest BCUT2D eigenvalue weighted by atomic mass is 79.9. The molecule has 18 heavy (non-hydrogen) atoms. The fourth-order valence-electron chi connectivity index (χ4n) is 1.76. The maximum absolute atomic E-state index is 11.9. The van der Waals surface area contributed by atoms with Crippen LogP contribution in [-0.2, 0) is 0 Å². The van der Waals surface area contributed by atoms with Crippen molar-refractivity contribution in [3.05, 3.63) is 40.0 Å². The third kappa shape index (κ3) is 2.67. The number of hydrogen-bond donors (Lipinski definition) is 0. The summed E-state index contributed by atoms with van der Waals surface area (Å²) in [5.74, 6) is -0.585. The number of carbonyl (C=O) groups excluding carboxylic acids is 1. The van der Waals surface area contributed by atoms with E-state index >= 15 is 0 Å². The Labute approximate surface area is 112 Å². The zero-order chi connectivity index (χ0) is 13.1. The molecule has 0 aliphatic carbocycles. The second kappa shape index (κ2) is 5.44. The zero-order valence-corrected chi connectivity index (χ0v) is 11.5. The molecule has 0 saturated carbocycles. The highest BCUT2D eigenvalue weighted by Gasteiger charge is 2.09. The van der Waals surface area contributed by atoms with E-state index in [-0.39, 0.29) is 5.78 Å². The summed E-state index contributed by atoms with van der Waals surface area (Å²) in [5.41, 5.74) is 1.59. The topological polar surface area (TPSA) is 60.2 Å². The van der Waals surface area contributed by atoms with Crippen molar-refractivity contribution < 1.29 is 9.21 Å². The Kier molecular flexibility index (Phi) is 3.91. The number of halogens is 1. The molecule has 0 bridgehead atoms. The summed E-state index contributed by atoms with van der Waals surface area (Å²) in [4.78, 5) is 26.8. The van der Waals surface area contributed by atoms with Gasteiger partial charge in [-0.25, -0.2) is 4.79 Å². The van der Waals surface area contributed by atoms with Gasteiger partial charge >= 0.3 is 5.76 Å². The third-order valence-electron chi connectivity index (χ3n) is 2.69. The van der Waals surface area contributed by atoms with Crippen molar-refractivity contribution in [2.24, 2.45) is 0 Å². The fourth-order valence-corrected chi connectivity index (χ4v) is 2.05. The molecule has 94 valence electrons. The Morgan fingerprint density at radius 1 is 1.44 bits per heavy atom. The third-order valence-corrected chi connectivity index (χ3v) is 3.25. The van der Waals surface area contributed by atoms with Crippen molar-refractivity contribution in [1.82, 2.24) is 4.98 Å². The van der Waals surface area contributed by atoms with Crippen molar-refractivity contribution in [1.29, 1.82) is 0 Å². The van der Waals surface area contributed by atoms with Gasteiger partial charge in [-0.15, -0.1) is 0 Å². The Hall–Kier alpha value is -1.49. The predicted octanol–water partition coefficient (Wildman–Crippen LogP) is 2.85. The quantitative estimate of drug-likeness (QED) is 0.643. The average molecular weight is 310 g/mol. The van der Waals surface area contributed by atoms with Gasteiger partial charge in [-0.1, -0.05) is 22.0 Å². The number of alkyl halides is 1. The molecule has 1 aromatic carbocycles. The molecule has 0 N–H and O–H groups in total. The van der Waals surface area contributed by atoms with Crippen LogP contribution in [0.5, 0.6) is 0 Å². The Balaban J connectivity index is 2.44. The standard InChI is InChI=1S/C13H12BrNO3/c1-8-10-5-4-9(11(16)3-2-6-14)7-12(10)18-13(17)15-8/h4-5,7H,2-3,6H2,1H3. The van der Waals surface area contributed by atoms with Crippen LogP contribution in [0.3, 0.4) is 0 Å². The number of aryl methyl sites for hydroxylation is 1. The van der Waals surface area contributed by atoms with Gasteiger partial charge in [0.05, 0.1) is 5.69 Å². The summed E-state index contributed by atoms with van der Waals surface area (Å²) < 4.78 is 5.01. The average Bonchev–Trinajstić information content (AvgIpc) is 2.34. The molecule has 0 spiro atoms. The van der Waals surface area contributed by atoms with Crippen LogP contribution in [0.15, 0.2) is 27.4 Å². The molecule has 0 aliphatic rings. The van der Waals surface area contributed by atoms with Crippen molar-refractivity contribution in [2.45, 2.75) is 19.8 Å². The molecule has 0 saturated heterocycles. The smallest absolute Gasteiger partial charge is 0.408 e. The van der Waals surface area contributed by atoms with Crippen LogP contribution in [0.4, 0.5) is 0 Å². The lowest BCUT2D eigenvalue weighted by Gasteiger charge is -2.03. The molecule has 1 aromatic heterocycles. The number of fused-ring (bicyclic) bond motifs is 1. The number of ketones is 1. The first-order valence-corrected chi connectivity index (χ1v) is 6.74. The summed E-state index contributed by atoms with van der Waals surface area (Å²) in [7, 11) is 0. The number of benzene rings is 1. The van der Waals surface area contributed by atoms with Crippen molar-refractivity contribution in [3.63, 3.8) is 0 Å². The van der Waals surface area contributed by atoms with Gasteiger partial charge in [0.1, 0.15) is 5.58 Å². The van der Waals surface area contributed by atoms with E-state index in [2.05, 4.69) is 20.9 Å². The van der Waals surface area contributed by atoms with Gasteiger partial charge < -0.3 is 4.42 Å². The molecular formula is C13H12BrNO3. The highest BCUT2D eigenvalue weighted by molar-refractivity contribution is 9.09. The first kappa shape index (κ1) is 13.0. The van der Waals surface area contributed by atoms with Gasteiger partial charge in [-0.05, 0) is 25.5 Å². The molecule has 0 unspecified atom stereocenters. The molecule has 1 heterocycles. The monoisotopic (exact) mass is 309 g/mol. The molecule has 0 radical (unpaired) electrons. The molecule has 5 heteroatoms. The lowest BCUT2D eigenvalue weighted by molar-refractivity contribution is 0.0982. The molecular weight excluding hydrogens is 298 g/mol. The second-order valence-corrected chi connectivity index (χ2v) is 4.78. The van der Waals surface area contributed by atoms with Crippen molar-refractivity contribution >= 4 is 32.7 Å². The van der Waals surface area contributed by atoms with E-state index in [0.29, 0.717) is 23.3 Å². The predicted molar refractivity (Wildman–Crippen MR) is 72.4 cm³/mol. The fraction of sp³-hybridized carbons (Fsp3) is 0.308. The number of rotatable bonds is 4. The Bertz CT molecular complexity index is 648. The number of aromatic nitrogens is 1. The van der Waals surface area contributed by atoms with Gasteiger partial charge in [0.2, 0.25) is 0 Å². The van der Waals surface area contributed by atoms with E-state index < -0.39 is 5.76 Å². The van der Waals surface area contributed by atoms with Crippen LogP contribution in [-0.4, -0.2) is 16.1 Å². The van der Waals surface area contributed by atoms with E-state index in [1.807, 2.05) is 0 Å². The van der Waals surface area contributed by atoms with E-state index in [1.54, 1.807) is 25.1 Å². The number of hydrogen-bond acceptors (Lipinski definition) is 4. The minimum atomic E-state index is -0.634. The molecule has 2 rings (SSSR count). The molecule has 0 aliphatic heterocycles. The Morgan fingerprint density at radius 3 is 2.94 bits per heavy atom. The minimum Gasteiger partial charge on any atom is -0.408 e. The number of nitrogens with zero attached hydrogens (tertiary/aromatic N) is 1. The summed E-state index contributed by atoms with van der Waals surface area (Å²) in [5, 5.41) is 1.55. The summed E-state index contributed by atoms with van der Waals surface area (Å²) in [6.45, 7) is 1.74. The van der Waals surface area contributed by atoms with Gasteiger partial charge in [-0.2, -0.15) is 4.98 Å². The van der Waals surface area contributed by atoms with Gasteiger partial charge in [-0.3, -0.25) is 4.79 Å². The van der Waals surface area contributed by atoms with Crippen LogP contribution in [0.25, 0.3) is 11.0 Å². The highest BCUT2D eigenvalue weighted by Crippen LogP contribution is 2.18. The first-order valence-electron chi connectivity index (χ1n) is 5.62. The van der Waals surface area contributed by atoms with E-state index in [0.717, 1.165) is 17.1 Å². The molecule has 0 amide bonds.